The number of methoxy groups -OCH3 is 2. The summed E-state index contributed by atoms with van der Waals surface area (Å²) >= 11 is 1.27. The third kappa shape index (κ3) is 6.21. The van der Waals surface area contributed by atoms with Crippen LogP contribution in [0.25, 0.3) is 0 Å². The lowest BCUT2D eigenvalue weighted by atomic mass is 10.2. The summed E-state index contributed by atoms with van der Waals surface area (Å²) < 4.78 is 10.4. The van der Waals surface area contributed by atoms with Crippen LogP contribution in [-0.4, -0.2) is 37.0 Å². The highest BCUT2D eigenvalue weighted by molar-refractivity contribution is 8.01. The Morgan fingerprint density at radius 3 is 2.37 bits per heavy atom. The van der Waals surface area contributed by atoms with Crippen molar-refractivity contribution in [1.82, 2.24) is 0 Å². The smallest absolute Gasteiger partial charge is 0.237 e. The van der Waals surface area contributed by atoms with Crippen molar-refractivity contribution in [3.8, 4) is 11.5 Å². The van der Waals surface area contributed by atoms with E-state index in [0.29, 0.717) is 17.2 Å². The van der Waals surface area contributed by atoms with Crippen molar-refractivity contribution in [3.05, 3.63) is 48.0 Å². The van der Waals surface area contributed by atoms with Crippen molar-refractivity contribution >= 4 is 35.0 Å². The van der Waals surface area contributed by atoms with Gasteiger partial charge in [-0.3, -0.25) is 9.59 Å². The molecular weight excluding hydrogens is 364 g/mol. The predicted octanol–water partition coefficient (Wildman–Crippen LogP) is 3.71. The average molecular weight is 388 g/mol. The lowest BCUT2D eigenvalue weighted by molar-refractivity contribution is -0.115. The first-order valence-electron chi connectivity index (χ1n) is 8.44. The summed E-state index contributed by atoms with van der Waals surface area (Å²) in [5.41, 5.74) is 2.43. The van der Waals surface area contributed by atoms with Crippen LogP contribution >= 0.6 is 11.8 Å². The highest BCUT2D eigenvalue weighted by Gasteiger charge is 2.16. The minimum absolute atomic E-state index is 0.142. The van der Waals surface area contributed by atoms with Crippen LogP contribution in [0.4, 0.5) is 11.4 Å². The minimum atomic E-state index is -0.388. The van der Waals surface area contributed by atoms with Gasteiger partial charge in [0, 0.05) is 17.4 Å². The van der Waals surface area contributed by atoms with Gasteiger partial charge >= 0.3 is 0 Å². The third-order valence-corrected chi connectivity index (χ3v) is 4.93. The molecule has 0 saturated heterocycles. The lowest BCUT2D eigenvalue weighted by Crippen LogP contribution is -2.25. The Kier molecular flexibility index (Phi) is 7.55. The maximum Gasteiger partial charge on any atom is 0.237 e. The quantitative estimate of drug-likeness (QED) is 0.721. The summed E-state index contributed by atoms with van der Waals surface area (Å²) in [5.74, 6) is 0.986. The van der Waals surface area contributed by atoms with Gasteiger partial charge in [0.2, 0.25) is 11.8 Å². The summed E-state index contributed by atoms with van der Waals surface area (Å²) in [6.07, 6.45) is 0. The normalized spacial score (nSPS) is 11.4. The average Bonchev–Trinajstić information content (AvgIpc) is 2.65. The van der Waals surface area contributed by atoms with E-state index in [1.807, 2.05) is 31.2 Å². The van der Waals surface area contributed by atoms with Crippen LogP contribution in [0.1, 0.15) is 12.5 Å². The van der Waals surface area contributed by atoms with E-state index in [2.05, 4.69) is 10.6 Å². The molecule has 1 unspecified atom stereocenters. The van der Waals surface area contributed by atoms with E-state index in [1.54, 1.807) is 32.2 Å². The van der Waals surface area contributed by atoms with E-state index in [9.17, 15) is 9.59 Å². The number of amides is 2. The molecule has 0 fully saturated rings. The fourth-order valence-corrected chi connectivity index (χ4v) is 3.04. The largest absolute Gasteiger partial charge is 0.493 e. The first-order chi connectivity index (χ1) is 12.9. The molecule has 0 aromatic heterocycles. The monoisotopic (exact) mass is 388 g/mol. The molecule has 0 spiro atoms. The van der Waals surface area contributed by atoms with Crippen molar-refractivity contribution in [2.24, 2.45) is 0 Å². The Hall–Kier alpha value is -2.67. The Morgan fingerprint density at radius 2 is 1.70 bits per heavy atom. The number of hydrogen-bond donors (Lipinski definition) is 2. The molecule has 0 radical (unpaired) electrons. The number of anilines is 2. The molecule has 2 aromatic carbocycles. The fraction of sp³-hybridized carbons (Fsp3) is 0.300. The van der Waals surface area contributed by atoms with Crippen molar-refractivity contribution in [2.45, 2.75) is 19.1 Å². The van der Waals surface area contributed by atoms with Gasteiger partial charge < -0.3 is 20.1 Å². The molecule has 0 heterocycles. The highest BCUT2D eigenvalue weighted by Crippen LogP contribution is 2.30. The second kappa shape index (κ2) is 9.87. The van der Waals surface area contributed by atoms with Gasteiger partial charge in [0.05, 0.1) is 25.2 Å². The topological polar surface area (TPSA) is 76.7 Å². The maximum absolute atomic E-state index is 12.3. The molecule has 7 heteroatoms. The predicted molar refractivity (Wildman–Crippen MR) is 110 cm³/mol. The van der Waals surface area contributed by atoms with Gasteiger partial charge in [0.15, 0.2) is 11.5 Å². The number of benzene rings is 2. The van der Waals surface area contributed by atoms with E-state index >= 15 is 0 Å². The molecule has 0 bridgehead atoms. The van der Waals surface area contributed by atoms with Crippen LogP contribution in [0.15, 0.2) is 42.5 Å². The Morgan fingerprint density at radius 1 is 1.00 bits per heavy atom. The number of aryl methyl sites for hydroxylation is 1. The third-order valence-electron chi connectivity index (χ3n) is 3.79. The molecule has 6 nitrogen and oxygen atoms in total. The van der Waals surface area contributed by atoms with Gasteiger partial charge in [0.1, 0.15) is 0 Å². The number of hydrogen-bond acceptors (Lipinski definition) is 5. The van der Waals surface area contributed by atoms with Crippen LogP contribution in [0.5, 0.6) is 11.5 Å². The molecule has 0 aliphatic rings. The molecule has 2 amide bonds. The SMILES string of the molecule is COc1ccc(NC(=O)C(C)SCC(=O)Nc2cccc(C)c2)cc1OC. The van der Waals surface area contributed by atoms with Crippen molar-refractivity contribution < 1.29 is 19.1 Å². The number of rotatable bonds is 8. The zero-order valence-corrected chi connectivity index (χ0v) is 16.7. The molecular formula is C20H24N2O4S. The minimum Gasteiger partial charge on any atom is -0.493 e. The summed E-state index contributed by atoms with van der Waals surface area (Å²) in [7, 11) is 3.09. The van der Waals surface area contributed by atoms with Crippen LogP contribution < -0.4 is 20.1 Å². The lowest BCUT2D eigenvalue weighted by Gasteiger charge is -2.14. The van der Waals surface area contributed by atoms with Crippen molar-refractivity contribution in [2.75, 3.05) is 30.6 Å². The van der Waals surface area contributed by atoms with Crippen LogP contribution in [0.3, 0.4) is 0 Å². The first kappa shape index (κ1) is 20.6. The highest BCUT2D eigenvalue weighted by atomic mass is 32.2. The van der Waals surface area contributed by atoms with Gasteiger partial charge in [-0.05, 0) is 43.7 Å². The van der Waals surface area contributed by atoms with Crippen molar-refractivity contribution in [3.63, 3.8) is 0 Å². The second-order valence-corrected chi connectivity index (χ2v) is 7.26. The van der Waals surface area contributed by atoms with E-state index in [0.717, 1.165) is 11.3 Å². The van der Waals surface area contributed by atoms with Gasteiger partial charge in [-0.2, -0.15) is 0 Å². The maximum atomic E-state index is 12.3. The number of nitrogens with one attached hydrogen (secondary N) is 2. The molecule has 1 atom stereocenters. The molecule has 2 N–H and O–H groups in total. The van der Waals surface area contributed by atoms with Gasteiger partial charge in [-0.1, -0.05) is 12.1 Å². The molecule has 2 aromatic rings. The summed E-state index contributed by atoms with van der Waals surface area (Å²) in [6.45, 7) is 3.73. The summed E-state index contributed by atoms with van der Waals surface area (Å²) in [5, 5.41) is 5.27. The zero-order chi connectivity index (χ0) is 19.8. The molecule has 27 heavy (non-hydrogen) atoms. The Balaban J connectivity index is 1.85. The molecule has 0 saturated carbocycles. The number of carbonyl (C=O) groups excluding carboxylic acids is 2. The van der Waals surface area contributed by atoms with E-state index in [4.69, 9.17) is 9.47 Å². The molecule has 0 aliphatic heterocycles. The Labute approximate surface area is 163 Å². The summed E-state index contributed by atoms with van der Waals surface area (Å²) in [4.78, 5) is 24.4. The first-order valence-corrected chi connectivity index (χ1v) is 9.49. The van der Waals surface area contributed by atoms with Crippen LogP contribution in [0, 0.1) is 6.92 Å². The standard InChI is InChI=1S/C20H24N2O4S/c1-13-6-5-7-15(10-13)21-19(23)12-27-14(2)20(24)22-16-8-9-17(25-3)18(11-16)26-4/h5-11,14H,12H2,1-4H3,(H,21,23)(H,22,24). The number of ether oxygens (including phenoxy) is 2. The summed E-state index contributed by atoms with van der Waals surface area (Å²) in [6, 6.07) is 12.7. The number of carbonyl (C=O) groups is 2. The van der Waals surface area contributed by atoms with Crippen molar-refractivity contribution in [1.29, 1.82) is 0 Å². The van der Waals surface area contributed by atoms with E-state index < -0.39 is 0 Å². The van der Waals surface area contributed by atoms with Crippen LogP contribution in [0.2, 0.25) is 0 Å². The zero-order valence-electron chi connectivity index (χ0n) is 15.9. The fourth-order valence-electron chi connectivity index (χ4n) is 2.35. The number of thioether (sulfide) groups is 1. The van der Waals surface area contributed by atoms with Gasteiger partial charge in [-0.15, -0.1) is 11.8 Å². The van der Waals surface area contributed by atoms with Gasteiger partial charge in [-0.25, -0.2) is 0 Å². The molecule has 144 valence electrons. The van der Waals surface area contributed by atoms with E-state index in [-0.39, 0.29) is 22.8 Å². The Bertz CT molecular complexity index is 810. The molecule has 0 aliphatic carbocycles. The molecule has 2 rings (SSSR count). The van der Waals surface area contributed by atoms with Gasteiger partial charge in [0.25, 0.3) is 0 Å². The second-order valence-electron chi connectivity index (χ2n) is 5.93. The van der Waals surface area contributed by atoms with Crippen LogP contribution in [-0.2, 0) is 9.59 Å². The van der Waals surface area contributed by atoms with E-state index in [1.165, 1.54) is 18.9 Å².